The Balaban J connectivity index is 2.76. The highest BCUT2D eigenvalue weighted by atomic mass is 19.4. The highest BCUT2D eigenvalue weighted by molar-refractivity contribution is 5.29. The lowest BCUT2D eigenvalue weighted by Gasteiger charge is -2.16. The number of alkyl halides is 3. The molecule has 1 aromatic carbocycles. The second-order valence-electron chi connectivity index (χ2n) is 3.50. The van der Waals surface area contributed by atoms with Crippen molar-refractivity contribution in [1.29, 1.82) is 0 Å². The van der Waals surface area contributed by atoms with Gasteiger partial charge in [0.15, 0.2) is 0 Å². The lowest BCUT2D eigenvalue weighted by molar-refractivity contribution is -0.274. The molecule has 0 saturated carbocycles. The Labute approximate surface area is 91.2 Å². The van der Waals surface area contributed by atoms with Gasteiger partial charge in [-0.15, -0.1) is 13.2 Å². The van der Waals surface area contributed by atoms with Crippen LogP contribution in [0, 0.1) is 0 Å². The van der Waals surface area contributed by atoms with Crippen LogP contribution in [0.5, 0.6) is 5.75 Å². The van der Waals surface area contributed by atoms with Crippen molar-refractivity contribution in [2.24, 2.45) is 11.5 Å². The van der Waals surface area contributed by atoms with E-state index in [9.17, 15) is 13.2 Å². The Morgan fingerprint density at radius 1 is 1.12 bits per heavy atom. The van der Waals surface area contributed by atoms with Gasteiger partial charge >= 0.3 is 6.36 Å². The number of nitrogens with two attached hydrogens (primary N) is 2. The average Bonchev–Trinajstić information content (AvgIpc) is 2.15. The third kappa shape index (κ3) is 3.71. The highest BCUT2D eigenvalue weighted by Crippen LogP contribution is 2.24. The number of hydrogen-bond acceptors (Lipinski definition) is 3. The van der Waals surface area contributed by atoms with Gasteiger partial charge in [0.1, 0.15) is 5.75 Å². The molecule has 90 valence electrons. The van der Waals surface area contributed by atoms with Gasteiger partial charge in [0.2, 0.25) is 0 Å². The van der Waals surface area contributed by atoms with Crippen molar-refractivity contribution in [3.63, 3.8) is 0 Å². The van der Waals surface area contributed by atoms with E-state index in [-0.39, 0.29) is 11.8 Å². The van der Waals surface area contributed by atoms with Crippen molar-refractivity contribution in [1.82, 2.24) is 0 Å². The fourth-order valence-corrected chi connectivity index (χ4v) is 1.20. The lowest BCUT2D eigenvalue weighted by atomic mass is 10.0. The Bertz CT molecular complexity index is 335. The summed E-state index contributed by atoms with van der Waals surface area (Å²) in [4.78, 5) is 0. The summed E-state index contributed by atoms with van der Waals surface area (Å²) in [6.07, 6.45) is -4.68. The molecule has 0 bridgehead atoms. The van der Waals surface area contributed by atoms with Crippen LogP contribution < -0.4 is 16.2 Å². The lowest BCUT2D eigenvalue weighted by Crippen LogP contribution is -2.30. The molecule has 0 radical (unpaired) electrons. The van der Waals surface area contributed by atoms with E-state index < -0.39 is 12.4 Å². The van der Waals surface area contributed by atoms with Gasteiger partial charge in [0.05, 0.1) is 0 Å². The molecule has 0 aliphatic heterocycles. The molecule has 2 unspecified atom stereocenters. The van der Waals surface area contributed by atoms with Crippen molar-refractivity contribution >= 4 is 0 Å². The average molecular weight is 234 g/mol. The van der Waals surface area contributed by atoms with E-state index in [1.165, 1.54) is 24.3 Å². The molecule has 0 spiro atoms. The summed E-state index contributed by atoms with van der Waals surface area (Å²) in [5, 5.41) is 0. The minimum atomic E-state index is -4.68. The van der Waals surface area contributed by atoms with Crippen LogP contribution in [0.15, 0.2) is 24.3 Å². The van der Waals surface area contributed by atoms with Gasteiger partial charge < -0.3 is 16.2 Å². The van der Waals surface area contributed by atoms with Gasteiger partial charge in [-0.3, -0.25) is 0 Å². The van der Waals surface area contributed by atoms with E-state index in [0.717, 1.165) is 0 Å². The maximum absolute atomic E-state index is 11.9. The Morgan fingerprint density at radius 3 is 2.00 bits per heavy atom. The first-order chi connectivity index (χ1) is 7.29. The highest BCUT2D eigenvalue weighted by Gasteiger charge is 2.31. The molecule has 0 heterocycles. The second kappa shape index (κ2) is 4.71. The fraction of sp³-hybridized carbons (Fsp3) is 0.400. The molecule has 1 aromatic rings. The van der Waals surface area contributed by atoms with Crippen LogP contribution >= 0.6 is 0 Å². The molecule has 4 N–H and O–H groups in total. The predicted octanol–water partition coefficient (Wildman–Crippen LogP) is 1.93. The van der Waals surface area contributed by atoms with Crippen LogP contribution in [-0.2, 0) is 0 Å². The Morgan fingerprint density at radius 2 is 1.62 bits per heavy atom. The zero-order valence-electron chi connectivity index (χ0n) is 8.66. The van der Waals surface area contributed by atoms with Gasteiger partial charge in [-0.2, -0.15) is 0 Å². The monoisotopic (exact) mass is 234 g/mol. The minimum Gasteiger partial charge on any atom is -0.406 e. The van der Waals surface area contributed by atoms with E-state index in [1.54, 1.807) is 6.92 Å². The first kappa shape index (κ1) is 12.8. The van der Waals surface area contributed by atoms with E-state index in [4.69, 9.17) is 11.5 Å². The summed E-state index contributed by atoms with van der Waals surface area (Å²) in [5.74, 6) is -0.270. The summed E-state index contributed by atoms with van der Waals surface area (Å²) >= 11 is 0. The molecule has 0 amide bonds. The predicted molar refractivity (Wildman–Crippen MR) is 53.7 cm³/mol. The molecule has 0 aromatic heterocycles. The van der Waals surface area contributed by atoms with Crippen LogP contribution in [0.25, 0.3) is 0 Å². The molecule has 2 atom stereocenters. The van der Waals surface area contributed by atoms with Crippen LogP contribution in [0.2, 0.25) is 0 Å². The zero-order valence-corrected chi connectivity index (χ0v) is 8.66. The van der Waals surface area contributed by atoms with E-state index in [0.29, 0.717) is 5.56 Å². The molecular formula is C10H13F3N2O. The number of hydrogen-bond donors (Lipinski definition) is 2. The maximum Gasteiger partial charge on any atom is 0.573 e. The first-order valence-electron chi connectivity index (χ1n) is 4.66. The minimum absolute atomic E-state index is 0.269. The molecule has 0 fully saturated rings. The summed E-state index contributed by atoms with van der Waals surface area (Å²) in [5.41, 5.74) is 12.0. The maximum atomic E-state index is 11.9. The topological polar surface area (TPSA) is 61.3 Å². The van der Waals surface area contributed by atoms with Gasteiger partial charge in [-0.05, 0) is 24.6 Å². The number of rotatable bonds is 3. The van der Waals surface area contributed by atoms with Crippen molar-refractivity contribution in [3.8, 4) is 5.75 Å². The summed E-state index contributed by atoms with van der Waals surface area (Å²) in [6, 6.07) is 4.69. The molecule has 6 heteroatoms. The van der Waals surface area contributed by atoms with Crippen molar-refractivity contribution in [2.45, 2.75) is 25.4 Å². The second-order valence-corrected chi connectivity index (χ2v) is 3.50. The van der Waals surface area contributed by atoms with Crippen molar-refractivity contribution < 1.29 is 17.9 Å². The molecule has 3 nitrogen and oxygen atoms in total. The van der Waals surface area contributed by atoms with Crippen molar-refractivity contribution in [2.75, 3.05) is 0 Å². The van der Waals surface area contributed by atoms with E-state index in [1.807, 2.05) is 0 Å². The number of ether oxygens (including phenoxy) is 1. The molecule has 0 aliphatic carbocycles. The SMILES string of the molecule is CC(N)C(N)c1ccc(OC(F)(F)F)cc1. The quantitative estimate of drug-likeness (QED) is 0.840. The third-order valence-corrected chi connectivity index (χ3v) is 2.07. The largest absolute Gasteiger partial charge is 0.573 e. The van der Waals surface area contributed by atoms with Gasteiger partial charge in [-0.1, -0.05) is 12.1 Å². The van der Waals surface area contributed by atoms with E-state index in [2.05, 4.69) is 4.74 Å². The molecular weight excluding hydrogens is 221 g/mol. The fourth-order valence-electron chi connectivity index (χ4n) is 1.20. The standard InChI is InChI=1S/C10H13F3N2O/c1-6(14)9(15)7-2-4-8(5-3-7)16-10(11,12)13/h2-6,9H,14-15H2,1H3. The molecule has 0 aliphatic rings. The van der Waals surface area contributed by atoms with Crippen LogP contribution in [0.4, 0.5) is 13.2 Å². The van der Waals surface area contributed by atoms with Gasteiger partial charge in [0.25, 0.3) is 0 Å². The molecule has 16 heavy (non-hydrogen) atoms. The first-order valence-corrected chi connectivity index (χ1v) is 4.66. The van der Waals surface area contributed by atoms with Gasteiger partial charge in [0, 0.05) is 12.1 Å². The summed E-state index contributed by atoms with van der Waals surface area (Å²) < 4.78 is 39.3. The molecule has 0 saturated heterocycles. The van der Waals surface area contributed by atoms with Gasteiger partial charge in [-0.25, -0.2) is 0 Å². The Hall–Kier alpha value is -1.27. The zero-order chi connectivity index (χ0) is 12.3. The summed E-state index contributed by atoms with van der Waals surface area (Å²) in [6.45, 7) is 1.73. The smallest absolute Gasteiger partial charge is 0.406 e. The molecule has 1 rings (SSSR count). The normalized spacial score (nSPS) is 15.6. The van der Waals surface area contributed by atoms with Crippen LogP contribution in [0.3, 0.4) is 0 Å². The van der Waals surface area contributed by atoms with Crippen molar-refractivity contribution in [3.05, 3.63) is 29.8 Å². The summed E-state index contributed by atoms with van der Waals surface area (Å²) in [7, 11) is 0. The van der Waals surface area contributed by atoms with Crippen LogP contribution in [-0.4, -0.2) is 12.4 Å². The Kier molecular flexibility index (Phi) is 3.77. The number of benzene rings is 1. The van der Waals surface area contributed by atoms with Crippen LogP contribution in [0.1, 0.15) is 18.5 Å². The third-order valence-electron chi connectivity index (χ3n) is 2.07. The van der Waals surface area contributed by atoms with E-state index >= 15 is 0 Å². The number of halogens is 3.